The van der Waals surface area contributed by atoms with Gasteiger partial charge in [0.05, 0.1) is 12.2 Å². The molecule has 0 atom stereocenters. The van der Waals surface area contributed by atoms with Gasteiger partial charge in [-0.25, -0.2) is 0 Å². The van der Waals surface area contributed by atoms with E-state index in [4.69, 9.17) is 4.74 Å². The highest BCUT2D eigenvalue weighted by molar-refractivity contribution is 5.60. The number of nitrogens with zero attached hydrogens (tertiary/aromatic N) is 2. The third-order valence-electron chi connectivity index (χ3n) is 6.97. The second kappa shape index (κ2) is 7.71. The summed E-state index contributed by atoms with van der Waals surface area (Å²) in [6.07, 6.45) is 12.7. The Bertz CT molecular complexity index is 713. The Morgan fingerprint density at radius 2 is 1.58 bits per heavy atom. The Morgan fingerprint density at radius 1 is 0.923 bits per heavy atom. The van der Waals surface area contributed by atoms with E-state index in [0.717, 1.165) is 24.8 Å². The van der Waals surface area contributed by atoms with Crippen LogP contribution in [0.5, 0.6) is 5.75 Å². The van der Waals surface area contributed by atoms with Crippen LogP contribution in [0.2, 0.25) is 0 Å². The van der Waals surface area contributed by atoms with Crippen LogP contribution in [0, 0.1) is 28.1 Å². The molecule has 0 unspecified atom stereocenters. The van der Waals surface area contributed by atoms with Crippen molar-refractivity contribution in [2.75, 3.05) is 6.61 Å². The average molecular weight is 351 g/mol. The maximum atomic E-state index is 9.81. The van der Waals surface area contributed by atoms with Gasteiger partial charge < -0.3 is 4.74 Å². The van der Waals surface area contributed by atoms with Gasteiger partial charge in [-0.2, -0.15) is 10.5 Å². The van der Waals surface area contributed by atoms with Crippen LogP contribution in [0.15, 0.2) is 12.1 Å². The summed E-state index contributed by atoms with van der Waals surface area (Å²) in [7, 11) is 0. The maximum absolute atomic E-state index is 9.81. The average Bonchev–Trinajstić information content (AvgIpc) is 2.69. The van der Waals surface area contributed by atoms with Gasteiger partial charge in [-0.15, -0.1) is 0 Å². The van der Waals surface area contributed by atoms with Crippen LogP contribution in [-0.2, 0) is 5.41 Å². The smallest absolute Gasteiger partial charge is 0.138 e. The van der Waals surface area contributed by atoms with Gasteiger partial charge in [-0.3, -0.25) is 0 Å². The molecule has 0 N–H and O–H groups in total. The Labute approximate surface area is 158 Å². The van der Waals surface area contributed by atoms with Crippen LogP contribution in [-0.4, -0.2) is 6.61 Å². The fourth-order valence-electron chi connectivity index (χ4n) is 5.32. The molecule has 1 aromatic rings. The van der Waals surface area contributed by atoms with Crippen LogP contribution in [0.3, 0.4) is 0 Å². The van der Waals surface area contributed by atoms with E-state index in [2.05, 4.69) is 25.1 Å². The Balaban J connectivity index is 1.88. The minimum absolute atomic E-state index is 0.0912. The summed E-state index contributed by atoms with van der Waals surface area (Å²) < 4.78 is 5.59. The second-order valence-electron chi connectivity index (χ2n) is 8.26. The summed E-state index contributed by atoms with van der Waals surface area (Å²) in [5, 5.41) is 19.4. The first-order chi connectivity index (χ1) is 12.6. The van der Waals surface area contributed by atoms with Crippen LogP contribution in [0.1, 0.15) is 94.7 Å². The van der Waals surface area contributed by atoms with Gasteiger partial charge in [0.25, 0.3) is 0 Å². The molecular formula is C23H30N2O. The lowest BCUT2D eigenvalue weighted by atomic mass is 9.50. The van der Waals surface area contributed by atoms with Crippen molar-refractivity contribution in [2.45, 2.75) is 83.5 Å². The van der Waals surface area contributed by atoms with Crippen molar-refractivity contribution in [1.82, 2.24) is 0 Å². The third-order valence-corrected chi connectivity index (χ3v) is 6.97. The largest absolute Gasteiger partial charge is 0.492 e. The molecule has 0 amide bonds. The lowest BCUT2D eigenvalue weighted by Crippen LogP contribution is -2.44. The molecule has 1 aromatic carbocycles. The van der Waals surface area contributed by atoms with Gasteiger partial charge in [-0.1, -0.05) is 32.3 Å². The van der Waals surface area contributed by atoms with Gasteiger partial charge in [0.1, 0.15) is 23.5 Å². The van der Waals surface area contributed by atoms with Crippen molar-refractivity contribution in [1.29, 1.82) is 10.5 Å². The topological polar surface area (TPSA) is 56.8 Å². The van der Waals surface area contributed by atoms with Crippen LogP contribution in [0.4, 0.5) is 0 Å². The van der Waals surface area contributed by atoms with Crippen molar-refractivity contribution in [2.24, 2.45) is 5.41 Å². The van der Waals surface area contributed by atoms with Gasteiger partial charge in [0.2, 0.25) is 0 Å². The highest BCUT2D eigenvalue weighted by atomic mass is 16.5. The molecule has 3 nitrogen and oxygen atoms in total. The number of benzene rings is 1. The summed E-state index contributed by atoms with van der Waals surface area (Å²) in [6, 6.07) is 8.54. The lowest BCUT2D eigenvalue weighted by Gasteiger charge is -2.54. The lowest BCUT2D eigenvalue weighted by molar-refractivity contribution is 0.0304. The minimum Gasteiger partial charge on any atom is -0.492 e. The molecule has 0 aromatic heterocycles. The van der Waals surface area contributed by atoms with Crippen molar-refractivity contribution >= 4 is 0 Å². The molecule has 4 rings (SSSR count). The van der Waals surface area contributed by atoms with Gasteiger partial charge in [0.15, 0.2) is 0 Å². The Morgan fingerprint density at radius 3 is 2.12 bits per heavy atom. The molecule has 3 aliphatic carbocycles. The zero-order valence-electron chi connectivity index (χ0n) is 16.2. The van der Waals surface area contributed by atoms with E-state index in [9.17, 15) is 10.5 Å². The number of hydrogen-bond acceptors (Lipinski definition) is 3. The summed E-state index contributed by atoms with van der Waals surface area (Å²) in [4.78, 5) is 0. The summed E-state index contributed by atoms with van der Waals surface area (Å²) in [5.74, 6) is 0.548. The maximum Gasteiger partial charge on any atom is 0.138 e. The van der Waals surface area contributed by atoms with E-state index in [1.54, 1.807) is 0 Å². The SMILES string of the molecule is CCCCCC12CCC(c3ccc(OCC)c(C#N)c3C#N)(CC1)CC2. The fraction of sp³-hybridized carbons (Fsp3) is 0.652. The van der Waals surface area contributed by atoms with Crippen LogP contribution >= 0.6 is 0 Å². The molecule has 0 heterocycles. The highest BCUT2D eigenvalue weighted by Gasteiger charge is 2.49. The molecule has 0 spiro atoms. The standard InChI is InChI=1S/C23H30N2O/c1-3-5-6-9-22-10-13-23(14-11-22,15-12-22)20-7-8-21(26-4-2)19(17-25)18(20)16-24/h7-8H,3-6,9-15H2,1-2H3. The zero-order valence-corrected chi connectivity index (χ0v) is 16.2. The molecule has 26 heavy (non-hydrogen) atoms. The van der Waals surface area contributed by atoms with E-state index in [1.807, 2.05) is 13.0 Å². The summed E-state index contributed by atoms with van der Waals surface area (Å²) >= 11 is 0. The van der Waals surface area contributed by atoms with E-state index in [1.165, 1.54) is 44.9 Å². The molecule has 0 saturated heterocycles. The number of ether oxygens (including phenoxy) is 1. The first-order valence-corrected chi connectivity index (χ1v) is 10.2. The van der Waals surface area contributed by atoms with Crippen molar-refractivity contribution < 1.29 is 4.74 Å². The van der Waals surface area contributed by atoms with E-state index in [-0.39, 0.29) is 5.41 Å². The number of nitriles is 2. The van der Waals surface area contributed by atoms with Gasteiger partial charge in [-0.05, 0) is 74.3 Å². The van der Waals surface area contributed by atoms with Crippen molar-refractivity contribution in [3.8, 4) is 17.9 Å². The molecule has 3 fully saturated rings. The number of hydrogen-bond donors (Lipinski definition) is 0. The Hall–Kier alpha value is -2.00. The quantitative estimate of drug-likeness (QED) is 0.567. The van der Waals surface area contributed by atoms with Gasteiger partial charge in [0, 0.05) is 0 Å². The predicted octanol–water partition coefficient (Wildman–Crippen LogP) is 6.00. The zero-order chi connectivity index (χ0) is 18.6. The molecule has 138 valence electrons. The molecular weight excluding hydrogens is 320 g/mol. The number of rotatable bonds is 7. The molecule has 3 saturated carbocycles. The molecule has 0 radical (unpaired) electrons. The summed E-state index contributed by atoms with van der Waals surface area (Å²) in [6.45, 7) is 4.68. The second-order valence-corrected chi connectivity index (χ2v) is 8.26. The van der Waals surface area contributed by atoms with E-state index >= 15 is 0 Å². The first-order valence-electron chi connectivity index (χ1n) is 10.2. The number of fused-ring (bicyclic) bond motifs is 3. The van der Waals surface area contributed by atoms with Crippen molar-refractivity contribution in [3.63, 3.8) is 0 Å². The van der Waals surface area contributed by atoms with E-state index in [0.29, 0.717) is 28.9 Å². The normalized spacial score (nSPS) is 26.9. The minimum atomic E-state index is 0.0912. The predicted molar refractivity (Wildman–Crippen MR) is 103 cm³/mol. The Kier molecular flexibility index (Phi) is 5.57. The first kappa shape index (κ1) is 18.8. The monoisotopic (exact) mass is 350 g/mol. The molecule has 0 aliphatic heterocycles. The number of unbranched alkanes of at least 4 members (excludes halogenated alkanes) is 2. The third kappa shape index (κ3) is 3.21. The highest BCUT2D eigenvalue weighted by Crippen LogP contribution is 2.60. The fourth-order valence-corrected chi connectivity index (χ4v) is 5.32. The van der Waals surface area contributed by atoms with Crippen molar-refractivity contribution in [3.05, 3.63) is 28.8 Å². The van der Waals surface area contributed by atoms with Crippen LogP contribution < -0.4 is 4.74 Å². The van der Waals surface area contributed by atoms with Gasteiger partial charge >= 0.3 is 0 Å². The summed E-state index contributed by atoms with van der Waals surface area (Å²) in [5.41, 5.74) is 2.72. The van der Waals surface area contributed by atoms with E-state index < -0.39 is 0 Å². The molecule has 3 aliphatic rings. The molecule has 2 bridgehead atoms. The molecule has 3 heteroatoms. The van der Waals surface area contributed by atoms with Crippen LogP contribution in [0.25, 0.3) is 0 Å².